The van der Waals surface area contributed by atoms with Crippen LogP contribution in [0.3, 0.4) is 0 Å². The van der Waals surface area contributed by atoms with Crippen molar-refractivity contribution in [2.75, 3.05) is 12.5 Å². The molecule has 0 aromatic carbocycles. The highest BCUT2D eigenvalue weighted by Crippen LogP contribution is 2.23. The second kappa shape index (κ2) is 3.54. The molecule has 3 N–H and O–H groups in total. The van der Waals surface area contributed by atoms with Crippen LogP contribution in [0.2, 0.25) is 0 Å². The Labute approximate surface area is 72.9 Å². The summed E-state index contributed by atoms with van der Waals surface area (Å²) in [5, 5.41) is 0. The summed E-state index contributed by atoms with van der Waals surface area (Å²) < 4.78 is 5.74. The van der Waals surface area contributed by atoms with Crippen LogP contribution < -0.4 is 16.0 Å². The van der Waals surface area contributed by atoms with E-state index >= 15 is 0 Å². The highest BCUT2D eigenvalue weighted by molar-refractivity contribution is 9.10. The molecular formula is C6H8BrN3O. The van der Waals surface area contributed by atoms with E-state index in [0.717, 1.165) is 4.47 Å². The summed E-state index contributed by atoms with van der Waals surface area (Å²) in [5.41, 5.74) is 2.42. The van der Waals surface area contributed by atoms with Gasteiger partial charge in [0.1, 0.15) is 5.82 Å². The van der Waals surface area contributed by atoms with Crippen LogP contribution in [0, 0.1) is 0 Å². The number of rotatable bonds is 2. The Morgan fingerprint density at radius 2 is 2.36 bits per heavy atom. The van der Waals surface area contributed by atoms with Crippen LogP contribution in [0.4, 0.5) is 5.82 Å². The Morgan fingerprint density at radius 3 is 2.91 bits per heavy atom. The van der Waals surface area contributed by atoms with E-state index in [1.54, 1.807) is 19.2 Å². The van der Waals surface area contributed by atoms with E-state index in [1.165, 1.54) is 0 Å². The third kappa shape index (κ3) is 1.81. The number of halogens is 1. The van der Waals surface area contributed by atoms with Gasteiger partial charge >= 0.3 is 0 Å². The Morgan fingerprint density at radius 1 is 1.64 bits per heavy atom. The van der Waals surface area contributed by atoms with E-state index in [4.69, 9.17) is 10.6 Å². The summed E-state index contributed by atoms with van der Waals surface area (Å²) in [4.78, 5) is 4.00. The minimum atomic E-state index is 0.514. The zero-order chi connectivity index (χ0) is 8.27. The number of anilines is 1. The summed E-state index contributed by atoms with van der Waals surface area (Å²) in [6.07, 6.45) is 0. The molecule has 0 amide bonds. The normalized spacial score (nSPS) is 9.36. The van der Waals surface area contributed by atoms with Gasteiger partial charge in [0.15, 0.2) is 0 Å². The molecule has 0 saturated heterocycles. The summed E-state index contributed by atoms with van der Waals surface area (Å²) in [6.45, 7) is 0. The van der Waals surface area contributed by atoms with E-state index in [9.17, 15) is 0 Å². The van der Waals surface area contributed by atoms with Gasteiger partial charge in [-0.1, -0.05) is 0 Å². The zero-order valence-electron chi connectivity index (χ0n) is 5.97. The quantitative estimate of drug-likeness (QED) is 0.577. The summed E-state index contributed by atoms with van der Waals surface area (Å²) in [7, 11) is 1.55. The van der Waals surface area contributed by atoms with Crippen LogP contribution >= 0.6 is 15.9 Å². The molecule has 0 bridgehead atoms. The number of pyridine rings is 1. The van der Waals surface area contributed by atoms with Crippen molar-refractivity contribution in [1.82, 2.24) is 4.98 Å². The maximum Gasteiger partial charge on any atom is 0.229 e. The lowest BCUT2D eigenvalue weighted by Crippen LogP contribution is -2.08. The number of nitrogens with one attached hydrogen (secondary N) is 1. The molecule has 0 aliphatic carbocycles. The van der Waals surface area contributed by atoms with Crippen molar-refractivity contribution in [2.24, 2.45) is 5.84 Å². The van der Waals surface area contributed by atoms with Crippen LogP contribution in [-0.4, -0.2) is 12.1 Å². The first-order valence-corrected chi connectivity index (χ1v) is 3.74. The van der Waals surface area contributed by atoms with E-state index in [0.29, 0.717) is 11.7 Å². The molecular weight excluding hydrogens is 210 g/mol. The predicted octanol–water partition coefficient (Wildman–Crippen LogP) is 1.14. The largest absolute Gasteiger partial charge is 0.480 e. The molecule has 1 heterocycles. The van der Waals surface area contributed by atoms with Crippen molar-refractivity contribution in [3.63, 3.8) is 0 Å². The average molecular weight is 218 g/mol. The molecule has 0 radical (unpaired) electrons. The van der Waals surface area contributed by atoms with E-state index < -0.39 is 0 Å². The van der Waals surface area contributed by atoms with Gasteiger partial charge in [-0.3, -0.25) is 0 Å². The lowest BCUT2D eigenvalue weighted by molar-refractivity contribution is 0.395. The first-order chi connectivity index (χ1) is 5.27. The van der Waals surface area contributed by atoms with Crippen LogP contribution in [-0.2, 0) is 0 Å². The number of hydrogen-bond donors (Lipinski definition) is 2. The van der Waals surface area contributed by atoms with Gasteiger partial charge in [0.25, 0.3) is 0 Å². The minimum absolute atomic E-state index is 0.514. The standard InChI is InChI=1S/C6H8BrN3O/c1-11-6-4(7)2-3-5(9-6)10-8/h2-3H,8H2,1H3,(H,9,10). The van der Waals surface area contributed by atoms with Crippen molar-refractivity contribution in [3.05, 3.63) is 16.6 Å². The second-order valence-electron chi connectivity index (χ2n) is 1.83. The molecule has 1 rings (SSSR count). The van der Waals surface area contributed by atoms with Crippen molar-refractivity contribution < 1.29 is 4.74 Å². The van der Waals surface area contributed by atoms with Crippen LogP contribution in [0.5, 0.6) is 5.88 Å². The van der Waals surface area contributed by atoms with Gasteiger partial charge in [-0.25, -0.2) is 5.84 Å². The monoisotopic (exact) mass is 217 g/mol. The highest BCUT2D eigenvalue weighted by atomic mass is 79.9. The smallest absolute Gasteiger partial charge is 0.229 e. The molecule has 0 aliphatic heterocycles. The topological polar surface area (TPSA) is 60.2 Å². The van der Waals surface area contributed by atoms with E-state index in [1.807, 2.05) is 0 Å². The number of methoxy groups -OCH3 is 1. The van der Waals surface area contributed by atoms with Gasteiger partial charge in [0.05, 0.1) is 11.6 Å². The fraction of sp³-hybridized carbons (Fsp3) is 0.167. The lowest BCUT2D eigenvalue weighted by Gasteiger charge is -2.03. The molecule has 60 valence electrons. The minimum Gasteiger partial charge on any atom is -0.480 e. The number of nitrogens with zero attached hydrogens (tertiary/aromatic N) is 1. The van der Waals surface area contributed by atoms with E-state index in [-0.39, 0.29) is 0 Å². The Hall–Kier alpha value is -0.810. The van der Waals surface area contributed by atoms with Gasteiger partial charge in [0, 0.05) is 0 Å². The highest BCUT2D eigenvalue weighted by Gasteiger charge is 2.00. The fourth-order valence-corrected chi connectivity index (χ4v) is 1.03. The van der Waals surface area contributed by atoms with Gasteiger partial charge in [0.2, 0.25) is 5.88 Å². The Balaban J connectivity index is 3.02. The maximum atomic E-state index is 5.14. The van der Waals surface area contributed by atoms with Crippen molar-refractivity contribution in [3.8, 4) is 5.88 Å². The number of nitrogen functional groups attached to an aromatic ring is 1. The molecule has 0 fully saturated rings. The summed E-state index contributed by atoms with van der Waals surface area (Å²) in [5.74, 6) is 6.23. The zero-order valence-corrected chi connectivity index (χ0v) is 7.55. The molecule has 1 aromatic heterocycles. The molecule has 0 atom stereocenters. The number of ether oxygens (including phenoxy) is 1. The second-order valence-corrected chi connectivity index (χ2v) is 2.69. The SMILES string of the molecule is COc1nc(NN)ccc1Br. The molecule has 1 aromatic rings. The van der Waals surface area contributed by atoms with Crippen molar-refractivity contribution in [2.45, 2.75) is 0 Å². The molecule has 11 heavy (non-hydrogen) atoms. The number of nitrogens with two attached hydrogens (primary N) is 1. The average Bonchev–Trinajstić information content (AvgIpc) is 2.05. The molecule has 5 heteroatoms. The van der Waals surface area contributed by atoms with Gasteiger partial charge in [-0.05, 0) is 28.1 Å². The first kappa shape index (κ1) is 8.29. The third-order valence-electron chi connectivity index (χ3n) is 1.16. The fourth-order valence-electron chi connectivity index (χ4n) is 0.647. The molecule has 4 nitrogen and oxygen atoms in total. The van der Waals surface area contributed by atoms with E-state index in [2.05, 4.69) is 26.3 Å². The van der Waals surface area contributed by atoms with Crippen molar-refractivity contribution >= 4 is 21.7 Å². The first-order valence-electron chi connectivity index (χ1n) is 2.95. The van der Waals surface area contributed by atoms with Gasteiger partial charge in [-0.15, -0.1) is 0 Å². The van der Waals surface area contributed by atoms with Crippen LogP contribution in [0.15, 0.2) is 16.6 Å². The number of hydrazine groups is 1. The number of hydrogen-bond acceptors (Lipinski definition) is 4. The predicted molar refractivity (Wildman–Crippen MR) is 46.3 cm³/mol. The maximum absolute atomic E-state index is 5.14. The third-order valence-corrected chi connectivity index (χ3v) is 1.76. The molecule has 0 saturated carbocycles. The van der Waals surface area contributed by atoms with Crippen LogP contribution in [0.1, 0.15) is 0 Å². The number of aromatic nitrogens is 1. The lowest BCUT2D eigenvalue weighted by atomic mass is 10.4. The Bertz CT molecular complexity index is 254. The van der Waals surface area contributed by atoms with Gasteiger partial charge < -0.3 is 10.2 Å². The molecule has 0 aliphatic rings. The molecule has 0 unspecified atom stereocenters. The van der Waals surface area contributed by atoms with Crippen molar-refractivity contribution in [1.29, 1.82) is 0 Å². The summed E-state index contributed by atoms with van der Waals surface area (Å²) >= 11 is 3.26. The van der Waals surface area contributed by atoms with Crippen LogP contribution in [0.25, 0.3) is 0 Å². The Kier molecular flexibility index (Phi) is 2.67. The van der Waals surface area contributed by atoms with Gasteiger partial charge in [-0.2, -0.15) is 4.98 Å². The molecule has 0 spiro atoms. The summed E-state index contributed by atoms with van der Waals surface area (Å²) in [6, 6.07) is 3.55.